The number of unbranched alkanes of at least 4 members (excludes halogenated alkanes) is 1. The van der Waals surface area contributed by atoms with Crippen molar-refractivity contribution in [3.05, 3.63) is 53.6 Å². The van der Waals surface area contributed by atoms with Crippen LogP contribution in [0.4, 0.5) is 5.69 Å². The lowest BCUT2D eigenvalue weighted by Crippen LogP contribution is -2.18. The van der Waals surface area contributed by atoms with Crippen molar-refractivity contribution in [2.45, 2.75) is 52.9 Å². The van der Waals surface area contributed by atoms with E-state index in [0.29, 0.717) is 31.8 Å². The number of carbonyl (C=O) groups excluding carboxylic acids is 1. The normalized spacial score (nSPS) is 13.9. The molecule has 2 aromatic carbocycles. The van der Waals surface area contributed by atoms with Crippen LogP contribution in [0.3, 0.4) is 0 Å². The van der Waals surface area contributed by atoms with Gasteiger partial charge in [0.05, 0.1) is 13.2 Å². The van der Waals surface area contributed by atoms with Crippen molar-refractivity contribution in [2.24, 2.45) is 0 Å². The molecule has 0 amide bonds. The second kappa shape index (κ2) is 13.8. The molecule has 0 radical (unpaired) electrons. The molecule has 1 aliphatic rings. The Morgan fingerprint density at radius 1 is 0.941 bits per heavy atom. The molecule has 0 bridgehead atoms. The number of carbonyl (C=O) groups is 1. The van der Waals surface area contributed by atoms with Crippen molar-refractivity contribution in [1.29, 1.82) is 0 Å². The van der Waals surface area contributed by atoms with Gasteiger partial charge >= 0.3 is 5.97 Å². The number of nitrogens with zero attached hydrogens (tertiary/aromatic N) is 1. The number of anilines is 1. The molecule has 184 valence electrons. The molecule has 0 aliphatic carbocycles. The minimum Gasteiger partial charge on any atom is -0.491 e. The summed E-state index contributed by atoms with van der Waals surface area (Å²) < 4.78 is 16.6. The smallest absolute Gasteiger partial charge is 0.333 e. The van der Waals surface area contributed by atoms with Crippen LogP contribution in [0.2, 0.25) is 0 Å². The van der Waals surface area contributed by atoms with Gasteiger partial charge in [-0.3, -0.25) is 0 Å². The molecule has 1 aliphatic heterocycles. The molecule has 5 nitrogen and oxygen atoms in total. The van der Waals surface area contributed by atoms with Crippen LogP contribution in [0, 0.1) is 0 Å². The quantitative estimate of drug-likeness (QED) is 0.192. The number of esters is 1. The van der Waals surface area contributed by atoms with Gasteiger partial charge in [-0.2, -0.15) is 0 Å². The first-order valence-electron chi connectivity index (χ1n) is 12.7. The van der Waals surface area contributed by atoms with Crippen molar-refractivity contribution in [3.8, 4) is 16.9 Å². The van der Waals surface area contributed by atoms with Crippen LogP contribution in [0.15, 0.2) is 48.0 Å². The molecule has 5 heteroatoms. The van der Waals surface area contributed by atoms with E-state index in [2.05, 4.69) is 42.2 Å². The Kier molecular flexibility index (Phi) is 10.5. The van der Waals surface area contributed by atoms with Gasteiger partial charge in [0, 0.05) is 31.0 Å². The Labute approximate surface area is 204 Å². The topological polar surface area (TPSA) is 48.0 Å². The minimum atomic E-state index is -0.233. The maximum atomic E-state index is 12.4. The van der Waals surface area contributed by atoms with E-state index >= 15 is 0 Å². The van der Waals surface area contributed by atoms with Gasteiger partial charge in [-0.25, -0.2) is 4.79 Å². The van der Waals surface area contributed by atoms with Crippen LogP contribution in [0.5, 0.6) is 5.75 Å². The van der Waals surface area contributed by atoms with E-state index in [1.165, 1.54) is 18.5 Å². The zero-order valence-corrected chi connectivity index (χ0v) is 21.0. The first-order valence-corrected chi connectivity index (χ1v) is 12.7. The SMILES string of the molecule is CCCCOCCOc1ccc(-c2ccc(N3CCCC3)c(/C=C(\CC)C(=O)OCC)c2)cc1. The fourth-order valence-electron chi connectivity index (χ4n) is 4.12. The summed E-state index contributed by atoms with van der Waals surface area (Å²) in [7, 11) is 0. The van der Waals surface area contributed by atoms with Crippen LogP contribution in [0.25, 0.3) is 17.2 Å². The summed E-state index contributed by atoms with van der Waals surface area (Å²) in [6, 6.07) is 14.7. The van der Waals surface area contributed by atoms with E-state index in [1.807, 2.05) is 32.1 Å². The first-order chi connectivity index (χ1) is 16.7. The monoisotopic (exact) mass is 465 g/mol. The Hall–Kier alpha value is -2.79. The van der Waals surface area contributed by atoms with Crippen molar-refractivity contribution in [3.63, 3.8) is 0 Å². The highest BCUT2D eigenvalue weighted by molar-refractivity contribution is 5.95. The zero-order chi connectivity index (χ0) is 24.2. The van der Waals surface area contributed by atoms with Crippen LogP contribution in [0.1, 0.15) is 58.4 Å². The molecule has 0 saturated carbocycles. The Morgan fingerprint density at radius 3 is 2.35 bits per heavy atom. The lowest BCUT2D eigenvalue weighted by molar-refractivity contribution is -0.138. The van der Waals surface area contributed by atoms with E-state index in [-0.39, 0.29) is 5.97 Å². The highest BCUT2D eigenvalue weighted by Gasteiger charge is 2.17. The third-order valence-corrected chi connectivity index (χ3v) is 6.05. The summed E-state index contributed by atoms with van der Waals surface area (Å²) in [5.74, 6) is 0.607. The number of hydrogen-bond acceptors (Lipinski definition) is 5. The van der Waals surface area contributed by atoms with Crippen molar-refractivity contribution in [1.82, 2.24) is 0 Å². The summed E-state index contributed by atoms with van der Waals surface area (Å²) in [4.78, 5) is 14.8. The standard InChI is InChI=1S/C29H39NO4/c1-4-7-18-32-19-20-34-27-13-10-24(11-14-27)25-12-15-28(30-16-8-9-17-30)26(22-25)21-23(5-2)29(31)33-6-3/h10-15,21-22H,4-9,16-20H2,1-3H3/b23-21+. The predicted molar refractivity (Wildman–Crippen MR) is 139 cm³/mol. The van der Waals surface area contributed by atoms with E-state index in [9.17, 15) is 4.79 Å². The number of benzene rings is 2. The summed E-state index contributed by atoms with van der Waals surface area (Å²) in [5, 5.41) is 0. The maximum absolute atomic E-state index is 12.4. The molecule has 3 rings (SSSR count). The lowest BCUT2D eigenvalue weighted by Gasteiger charge is -2.21. The molecule has 1 saturated heterocycles. The number of hydrogen-bond donors (Lipinski definition) is 0. The molecular formula is C29H39NO4. The number of rotatable bonds is 13. The number of ether oxygens (including phenoxy) is 3. The van der Waals surface area contributed by atoms with Gasteiger partial charge in [-0.05, 0) is 79.6 Å². The van der Waals surface area contributed by atoms with Crippen molar-refractivity contribution >= 4 is 17.7 Å². The van der Waals surface area contributed by atoms with E-state index in [4.69, 9.17) is 14.2 Å². The van der Waals surface area contributed by atoms with Gasteiger partial charge in [0.2, 0.25) is 0 Å². The average molecular weight is 466 g/mol. The molecule has 0 spiro atoms. The molecule has 1 heterocycles. The van der Waals surface area contributed by atoms with E-state index < -0.39 is 0 Å². The minimum absolute atomic E-state index is 0.233. The lowest BCUT2D eigenvalue weighted by atomic mass is 9.99. The molecule has 0 unspecified atom stereocenters. The molecule has 1 fully saturated rings. The largest absolute Gasteiger partial charge is 0.491 e. The Bertz CT molecular complexity index is 930. The molecule has 0 N–H and O–H groups in total. The Morgan fingerprint density at radius 2 is 1.68 bits per heavy atom. The molecule has 0 aromatic heterocycles. The van der Waals surface area contributed by atoms with Gasteiger partial charge in [0.25, 0.3) is 0 Å². The van der Waals surface area contributed by atoms with Crippen molar-refractivity contribution in [2.75, 3.05) is 44.4 Å². The van der Waals surface area contributed by atoms with Gasteiger partial charge in [0.1, 0.15) is 12.4 Å². The van der Waals surface area contributed by atoms with Crippen LogP contribution >= 0.6 is 0 Å². The summed E-state index contributed by atoms with van der Waals surface area (Å²) in [6.45, 7) is 10.4. The van der Waals surface area contributed by atoms with Gasteiger partial charge in [-0.1, -0.05) is 38.5 Å². The molecule has 2 aromatic rings. The fraction of sp³-hybridized carbons (Fsp3) is 0.483. The van der Waals surface area contributed by atoms with Crippen molar-refractivity contribution < 1.29 is 19.0 Å². The third-order valence-electron chi connectivity index (χ3n) is 6.05. The predicted octanol–water partition coefficient (Wildman–Crippen LogP) is 6.51. The molecular weight excluding hydrogens is 426 g/mol. The maximum Gasteiger partial charge on any atom is 0.333 e. The van der Waals surface area contributed by atoms with Gasteiger partial charge in [-0.15, -0.1) is 0 Å². The van der Waals surface area contributed by atoms with E-state index in [1.54, 1.807) is 0 Å². The summed E-state index contributed by atoms with van der Waals surface area (Å²) in [6.07, 6.45) is 7.27. The van der Waals surface area contributed by atoms with Gasteiger partial charge < -0.3 is 19.1 Å². The molecule has 0 atom stereocenters. The highest BCUT2D eigenvalue weighted by atomic mass is 16.5. The van der Waals surface area contributed by atoms with Crippen LogP contribution < -0.4 is 9.64 Å². The Balaban J connectivity index is 1.78. The third kappa shape index (κ3) is 7.36. The van der Waals surface area contributed by atoms with E-state index in [0.717, 1.165) is 55.0 Å². The van der Waals surface area contributed by atoms with Crippen LogP contribution in [-0.2, 0) is 14.3 Å². The van der Waals surface area contributed by atoms with Crippen LogP contribution in [-0.4, -0.2) is 45.5 Å². The first kappa shape index (κ1) is 25.8. The summed E-state index contributed by atoms with van der Waals surface area (Å²) >= 11 is 0. The summed E-state index contributed by atoms with van der Waals surface area (Å²) in [5.41, 5.74) is 5.17. The molecule has 34 heavy (non-hydrogen) atoms. The second-order valence-corrected chi connectivity index (χ2v) is 8.55. The average Bonchev–Trinajstić information content (AvgIpc) is 3.40. The van der Waals surface area contributed by atoms with Gasteiger partial charge in [0.15, 0.2) is 0 Å². The second-order valence-electron chi connectivity index (χ2n) is 8.55. The highest BCUT2D eigenvalue weighted by Crippen LogP contribution is 2.32. The zero-order valence-electron chi connectivity index (χ0n) is 21.0. The fourth-order valence-corrected chi connectivity index (χ4v) is 4.12.